The number of carboxylic acids is 1. The Labute approximate surface area is 127 Å². The molecule has 22 heavy (non-hydrogen) atoms. The predicted molar refractivity (Wildman–Crippen MR) is 74.5 cm³/mol. The van der Waals surface area contributed by atoms with Crippen LogP contribution in [-0.2, 0) is 24.0 Å². The molecule has 0 aromatic heterocycles. The Kier molecular flexibility index (Phi) is 27.6. The van der Waals surface area contributed by atoms with Crippen molar-refractivity contribution in [2.75, 3.05) is 0 Å². The second-order valence-electron chi connectivity index (χ2n) is 3.53. The SMILES string of the molecule is C.CC(=O)CC(C)=O.CC(C)=O.CC=O.O=C(O)C(F)(F)F. The average Bonchev–Trinajstić information content (AvgIpc) is 2.13. The Hall–Kier alpha value is -2.06. The number of hydrogen-bond acceptors (Lipinski definition) is 5. The van der Waals surface area contributed by atoms with Gasteiger partial charge in [-0.25, -0.2) is 4.79 Å². The van der Waals surface area contributed by atoms with Crippen LogP contribution in [0.5, 0.6) is 0 Å². The van der Waals surface area contributed by atoms with Gasteiger partial charge < -0.3 is 14.7 Å². The molecule has 0 saturated heterocycles. The Morgan fingerprint density at radius 1 is 0.955 bits per heavy atom. The highest BCUT2D eigenvalue weighted by Gasteiger charge is 2.38. The second-order valence-corrected chi connectivity index (χ2v) is 3.53. The van der Waals surface area contributed by atoms with Gasteiger partial charge in [0.2, 0.25) is 0 Å². The molecule has 0 radical (unpaired) electrons. The Morgan fingerprint density at radius 3 is 1.09 bits per heavy atom. The highest BCUT2D eigenvalue weighted by Crippen LogP contribution is 2.13. The van der Waals surface area contributed by atoms with Crippen molar-refractivity contribution in [2.45, 2.75) is 54.6 Å². The fourth-order valence-corrected chi connectivity index (χ4v) is 0.351. The first-order valence-corrected chi connectivity index (χ1v) is 5.38. The van der Waals surface area contributed by atoms with E-state index in [-0.39, 0.29) is 31.2 Å². The molecule has 0 bridgehead atoms. The van der Waals surface area contributed by atoms with Crippen LogP contribution in [0.4, 0.5) is 13.2 Å². The lowest BCUT2D eigenvalue weighted by Crippen LogP contribution is -2.21. The van der Waals surface area contributed by atoms with Crippen molar-refractivity contribution in [3.05, 3.63) is 0 Å². The summed E-state index contributed by atoms with van der Waals surface area (Å²) in [5.74, 6) is -2.72. The van der Waals surface area contributed by atoms with E-state index < -0.39 is 12.1 Å². The van der Waals surface area contributed by atoms with E-state index >= 15 is 0 Å². The van der Waals surface area contributed by atoms with Crippen LogP contribution in [0.15, 0.2) is 0 Å². The molecule has 6 nitrogen and oxygen atoms in total. The van der Waals surface area contributed by atoms with Gasteiger partial charge in [-0.1, -0.05) is 7.43 Å². The van der Waals surface area contributed by atoms with Crippen molar-refractivity contribution in [1.29, 1.82) is 0 Å². The first-order valence-electron chi connectivity index (χ1n) is 5.38. The molecule has 0 unspecified atom stereocenters. The summed E-state index contributed by atoms with van der Waals surface area (Å²) in [7, 11) is 0. The molecule has 0 aliphatic heterocycles. The van der Waals surface area contributed by atoms with E-state index in [9.17, 15) is 27.6 Å². The third-order valence-electron chi connectivity index (χ3n) is 0.740. The molecule has 132 valence electrons. The molecule has 9 heteroatoms. The first-order chi connectivity index (χ1) is 9.22. The number of carboxylic acid groups (broad SMARTS) is 1. The van der Waals surface area contributed by atoms with Gasteiger partial charge in [0.1, 0.15) is 23.6 Å². The molecule has 0 aromatic rings. The minimum absolute atomic E-state index is 0. The van der Waals surface area contributed by atoms with Crippen LogP contribution < -0.4 is 0 Å². The van der Waals surface area contributed by atoms with Crippen molar-refractivity contribution in [2.24, 2.45) is 0 Å². The maximum absolute atomic E-state index is 10.6. The van der Waals surface area contributed by atoms with Gasteiger partial charge in [0.25, 0.3) is 0 Å². The number of alkyl halides is 3. The number of Topliss-reactive ketones (excluding diaryl/α,β-unsaturated/α-hetero) is 3. The quantitative estimate of drug-likeness (QED) is 0.615. The van der Waals surface area contributed by atoms with Gasteiger partial charge in [-0.15, -0.1) is 0 Å². The van der Waals surface area contributed by atoms with Crippen LogP contribution >= 0.6 is 0 Å². The van der Waals surface area contributed by atoms with E-state index in [4.69, 9.17) is 14.7 Å². The molecule has 0 rings (SSSR count). The Morgan fingerprint density at radius 2 is 1.09 bits per heavy atom. The highest BCUT2D eigenvalue weighted by molar-refractivity contribution is 5.96. The molecule has 0 heterocycles. The van der Waals surface area contributed by atoms with Crippen LogP contribution in [0.3, 0.4) is 0 Å². The molecular weight excluding hydrogens is 309 g/mol. The second kappa shape index (κ2) is 18.9. The van der Waals surface area contributed by atoms with Gasteiger partial charge in [-0.3, -0.25) is 9.59 Å². The minimum atomic E-state index is -5.08. The van der Waals surface area contributed by atoms with Crippen LogP contribution in [0, 0.1) is 0 Å². The van der Waals surface area contributed by atoms with Crippen LogP contribution in [-0.4, -0.2) is 40.9 Å². The fraction of sp³-hybridized carbons (Fsp3) is 0.615. The largest absolute Gasteiger partial charge is 0.490 e. The number of aliphatic carboxylic acids is 1. The molecule has 0 amide bonds. The van der Waals surface area contributed by atoms with E-state index in [1.165, 1.54) is 34.6 Å². The van der Waals surface area contributed by atoms with Crippen molar-refractivity contribution in [3.8, 4) is 0 Å². The lowest BCUT2D eigenvalue weighted by atomic mass is 10.2. The molecule has 1 N–H and O–H groups in total. The number of rotatable bonds is 2. The molecule has 0 atom stereocenters. The molecule has 0 spiro atoms. The lowest BCUT2D eigenvalue weighted by Gasteiger charge is -1.93. The van der Waals surface area contributed by atoms with Crippen molar-refractivity contribution in [1.82, 2.24) is 0 Å². The normalized spacial score (nSPS) is 8.00. The maximum atomic E-state index is 10.6. The Bertz CT molecular complexity index is 332. The summed E-state index contributed by atoms with van der Waals surface area (Å²) in [4.78, 5) is 47.2. The number of ketones is 3. The number of carbonyl (C=O) groups is 5. The van der Waals surface area contributed by atoms with Gasteiger partial charge in [0, 0.05) is 0 Å². The van der Waals surface area contributed by atoms with Crippen LogP contribution in [0.1, 0.15) is 48.5 Å². The summed E-state index contributed by atoms with van der Waals surface area (Å²) in [6.07, 6.45) is -4.25. The maximum Gasteiger partial charge on any atom is 0.490 e. The van der Waals surface area contributed by atoms with Crippen LogP contribution in [0.2, 0.25) is 0 Å². The van der Waals surface area contributed by atoms with Gasteiger partial charge in [-0.05, 0) is 34.6 Å². The summed E-state index contributed by atoms with van der Waals surface area (Å²) in [5.41, 5.74) is 0. The molecular formula is C13H23F3O6. The zero-order valence-corrected chi connectivity index (χ0v) is 12.4. The predicted octanol–water partition coefficient (Wildman–Crippen LogP) is 2.62. The van der Waals surface area contributed by atoms with E-state index in [0.29, 0.717) is 0 Å². The molecule has 0 aliphatic rings. The van der Waals surface area contributed by atoms with Crippen molar-refractivity contribution in [3.63, 3.8) is 0 Å². The number of aldehydes is 1. The van der Waals surface area contributed by atoms with Gasteiger partial charge >= 0.3 is 12.1 Å². The lowest BCUT2D eigenvalue weighted by molar-refractivity contribution is -0.192. The topological polar surface area (TPSA) is 106 Å². The van der Waals surface area contributed by atoms with E-state index in [2.05, 4.69) is 0 Å². The summed E-state index contributed by atoms with van der Waals surface area (Å²) in [5, 5.41) is 7.12. The number of hydrogen-bond donors (Lipinski definition) is 1. The summed E-state index contributed by atoms with van der Waals surface area (Å²) in [6.45, 7) is 7.31. The smallest absolute Gasteiger partial charge is 0.475 e. The van der Waals surface area contributed by atoms with Crippen molar-refractivity contribution >= 4 is 29.6 Å². The first kappa shape index (κ1) is 32.0. The third kappa shape index (κ3) is 81.7. The minimum Gasteiger partial charge on any atom is -0.475 e. The summed E-state index contributed by atoms with van der Waals surface area (Å²) in [6, 6.07) is 0. The monoisotopic (exact) mass is 332 g/mol. The number of halogens is 3. The Balaban J connectivity index is -0.0000000607. The van der Waals surface area contributed by atoms with E-state index in [1.54, 1.807) is 0 Å². The molecule has 0 aliphatic carbocycles. The fourth-order valence-electron chi connectivity index (χ4n) is 0.351. The van der Waals surface area contributed by atoms with Gasteiger partial charge in [0.15, 0.2) is 0 Å². The summed E-state index contributed by atoms with van der Waals surface area (Å²) < 4.78 is 31.7. The molecule has 0 aromatic carbocycles. The molecule has 0 fully saturated rings. The highest BCUT2D eigenvalue weighted by atomic mass is 19.4. The number of carbonyl (C=O) groups excluding carboxylic acids is 4. The zero-order valence-electron chi connectivity index (χ0n) is 12.4. The van der Waals surface area contributed by atoms with Gasteiger partial charge in [0.05, 0.1) is 6.42 Å². The standard InChI is InChI=1S/C5H8O2.C3H6O.C2HF3O2.C2H4O.CH4/c1-4(6)3-5(2)7;1-3(2)4;3-2(4,5)1(6)7;1-2-3;/h3H2,1-2H3;1-2H3;(H,6,7);2H,1H3;1H4. The van der Waals surface area contributed by atoms with E-state index in [0.717, 1.165) is 6.29 Å². The zero-order chi connectivity index (χ0) is 18.2. The summed E-state index contributed by atoms with van der Waals surface area (Å²) >= 11 is 0. The van der Waals surface area contributed by atoms with E-state index in [1.807, 2.05) is 0 Å². The van der Waals surface area contributed by atoms with Crippen LogP contribution in [0.25, 0.3) is 0 Å². The molecule has 0 saturated carbocycles. The average molecular weight is 332 g/mol. The van der Waals surface area contributed by atoms with Crippen molar-refractivity contribution < 1.29 is 42.3 Å². The third-order valence-corrected chi connectivity index (χ3v) is 0.740. The van der Waals surface area contributed by atoms with Gasteiger partial charge in [-0.2, -0.15) is 13.2 Å².